The van der Waals surface area contributed by atoms with E-state index in [1.54, 1.807) is 25.1 Å². The molecule has 1 fully saturated rings. The van der Waals surface area contributed by atoms with E-state index in [0.29, 0.717) is 6.54 Å². The minimum absolute atomic E-state index is 0.0451. The molecule has 7 heteroatoms. The molecule has 1 aliphatic heterocycles. The van der Waals surface area contributed by atoms with E-state index in [1.807, 2.05) is 18.2 Å². The zero-order valence-electron chi connectivity index (χ0n) is 17.8. The monoisotopic (exact) mass is 430 g/mol. The van der Waals surface area contributed by atoms with Gasteiger partial charge < -0.3 is 10.1 Å². The molecule has 2 aromatic rings. The fraction of sp³-hybridized carbons (Fsp3) is 0.435. The van der Waals surface area contributed by atoms with E-state index in [0.717, 1.165) is 30.8 Å². The number of rotatable bonds is 7. The Morgan fingerprint density at radius 1 is 1.03 bits per heavy atom. The van der Waals surface area contributed by atoms with Crippen molar-refractivity contribution in [3.8, 4) is 0 Å². The molecule has 1 heterocycles. The number of sulfone groups is 1. The summed E-state index contributed by atoms with van der Waals surface area (Å²) >= 11 is 0. The second kappa shape index (κ2) is 9.73. The summed E-state index contributed by atoms with van der Waals surface area (Å²) in [6, 6.07) is 14.4. The fourth-order valence-electron chi connectivity index (χ4n) is 3.89. The molecule has 1 saturated heterocycles. The summed E-state index contributed by atoms with van der Waals surface area (Å²) in [5.41, 5.74) is 2.36. The van der Waals surface area contributed by atoms with Gasteiger partial charge in [-0.1, -0.05) is 43.3 Å². The maximum atomic E-state index is 12.8. The fourth-order valence-corrected chi connectivity index (χ4v) is 4.98. The van der Waals surface area contributed by atoms with Gasteiger partial charge in [-0.25, -0.2) is 8.42 Å². The predicted molar refractivity (Wildman–Crippen MR) is 117 cm³/mol. The summed E-state index contributed by atoms with van der Waals surface area (Å²) in [7, 11) is -3.47. The molecule has 2 aromatic carbocycles. The van der Waals surface area contributed by atoms with E-state index in [9.17, 15) is 13.2 Å². The largest absolute Gasteiger partial charge is 0.373 e. The molecule has 0 unspecified atom stereocenters. The van der Waals surface area contributed by atoms with Gasteiger partial charge in [0.2, 0.25) is 0 Å². The van der Waals surface area contributed by atoms with Crippen LogP contribution in [0, 0.1) is 0 Å². The van der Waals surface area contributed by atoms with Gasteiger partial charge in [0.1, 0.15) is 0 Å². The minimum Gasteiger partial charge on any atom is -0.373 e. The number of hydrogen-bond acceptors (Lipinski definition) is 5. The highest BCUT2D eigenvalue weighted by Crippen LogP contribution is 2.19. The van der Waals surface area contributed by atoms with E-state index in [2.05, 4.69) is 30.1 Å². The average molecular weight is 431 g/mol. The lowest BCUT2D eigenvalue weighted by molar-refractivity contribution is -0.0705. The van der Waals surface area contributed by atoms with E-state index < -0.39 is 9.84 Å². The van der Waals surface area contributed by atoms with E-state index >= 15 is 0 Å². The smallest absolute Gasteiger partial charge is 0.252 e. The van der Waals surface area contributed by atoms with Gasteiger partial charge in [-0.2, -0.15) is 0 Å². The van der Waals surface area contributed by atoms with Gasteiger partial charge in [0, 0.05) is 26.2 Å². The van der Waals surface area contributed by atoms with Crippen molar-refractivity contribution in [1.82, 2.24) is 10.2 Å². The van der Waals surface area contributed by atoms with Crippen LogP contribution in [0.5, 0.6) is 0 Å². The Hall–Kier alpha value is -2.22. The Bertz CT molecular complexity index is 980. The van der Waals surface area contributed by atoms with Crippen LogP contribution in [0.15, 0.2) is 53.4 Å². The second-order valence-corrected chi connectivity index (χ2v) is 10.0. The lowest BCUT2D eigenvalue weighted by atomic mass is 10.1. The van der Waals surface area contributed by atoms with Crippen molar-refractivity contribution in [3.05, 3.63) is 65.2 Å². The van der Waals surface area contributed by atoms with Crippen LogP contribution in [-0.2, 0) is 27.7 Å². The molecular weight excluding hydrogens is 400 g/mol. The SMILES string of the molecule is CCS(=O)(=O)c1ccccc1C(=O)NCc1ccccc1CN1C[C@H](C)O[C@@H](C)C1. The Kier molecular flexibility index (Phi) is 7.28. The van der Waals surface area contributed by atoms with Gasteiger partial charge in [-0.05, 0) is 37.1 Å². The molecule has 162 valence electrons. The third-order valence-electron chi connectivity index (χ3n) is 5.29. The van der Waals surface area contributed by atoms with Crippen molar-refractivity contribution in [3.63, 3.8) is 0 Å². The van der Waals surface area contributed by atoms with Gasteiger partial charge >= 0.3 is 0 Å². The number of nitrogens with zero attached hydrogens (tertiary/aromatic N) is 1. The topological polar surface area (TPSA) is 75.7 Å². The normalized spacial score (nSPS) is 20.1. The van der Waals surface area contributed by atoms with Crippen LogP contribution in [-0.4, -0.2) is 50.3 Å². The van der Waals surface area contributed by atoms with Gasteiger partial charge in [-0.15, -0.1) is 0 Å². The summed E-state index contributed by atoms with van der Waals surface area (Å²) < 4.78 is 30.5. The molecule has 0 bridgehead atoms. The van der Waals surface area contributed by atoms with Crippen molar-refractivity contribution in [2.24, 2.45) is 0 Å². The van der Waals surface area contributed by atoms with Crippen LogP contribution in [0.1, 0.15) is 42.3 Å². The first-order valence-corrected chi connectivity index (χ1v) is 12.0. The first kappa shape index (κ1) is 22.5. The first-order chi connectivity index (χ1) is 14.3. The maximum absolute atomic E-state index is 12.8. The number of carbonyl (C=O) groups excluding carboxylic acids is 1. The quantitative estimate of drug-likeness (QED) is 0.731. The molecule has 0 radical (unpaired) electrons. The molecule has 1 N–H and O–H groups in total. The molecule has 2 atom stereocenters. The number of hydrogen-bond donors (Lipinski definition) is 1. The molecule has 0 saturated carbocycles. The third-order valence-corrected chi connectivity index (χ3v) is 7.08. The zero-order valence-corrected chi connectivity index (χ0v) is 18.6. The maximum Gasteiger partial charge on any atom is 0.252 e. The Morgan fingerprint density at radius 3 is 2.30 bits per heavy atom. The van der Waals surface area contributed by atoms with E-state index in [1.165, 1.54) is 6.07 Å². The van der Waals surface area contributed by atoms with Crippen molar-refractivity contribution < 1.29 is 17.9 Å². The zero-order chi connectivity index (χ0) is 21.7. The van der Waals surface area contributed by atoms with Gasteiger partial charge in [-0.3, -0.25) is 9.69 Å². The molecule has 0 spiro atoms. The van der Waals surface area contributed by atoms with Crippen molar-refractivity contribution in [2.75, 3.05) is 18.8 Å². The van der Waals surface area contributed by atoms with Gasteiger partial charge in [0.05, 0.1) is 28.4 Å². The number of nitrogens with one attached hydrogen (secondary N) is 1. The molecule has 0 aliphatic carbocycles. The summed E-state index contributed by atoms with van der Waals surface area (Å²) in [6.45, 7) is 8.59. The molecule has 1 amide bonds. The second-order valence-electron chi connectivity index (χ2n) is 7.80. The van der Waals surface area contributed by atoms with E-state index in [4.69, 9.17) is 4.74 Å². The van der Waals surface area contributed by atoms with Crippen LogP contribution in [0.2, 0.25) is 0 Å². The average Bonchev–Trinajstić information content (AvgIpc) is 2.72. The van der Waals surface area contributed by atoms with Crippen LogP contribution in [0.3, 0.4) is 0 Å². The van der Waals surface area contributed by atoms with E-state index in [-0.39, 0.29) is 34.3 Å². The van der Waals surface area contributed by atoms with Gasteiger partial charge in [0.15, 0.2) is 9.84 Å². The highest BCUT2D eigenvalue weighted by molar-refractivity contribution is 7.91. The lowest BCUT2D eigenvalue weighted by Gasteiger charge is -2.35. The Balaban J connectivity index is 1.72. The standard InChI is InChI=1S/C23H30N2O4S/c1-4-30(27,28)22-12-8-7-11-21(22)23(26)24-13-19-9-5-6-10-20(19)16-25-14-17(2)29-18(3)15-25/h5-12,17-18H,4,13-16H2,1-3H3,(H,24,26)/t17-,18-/m0/s1. The van der Waals surface area contributed by atoms with Gasteiger partial charge in [0.25, 0.3) is 5.91 Å². The molecule has 1 aliphatic rings. The van der Waals surface area contributed by atoms with Crippen LogP contribution in [0.25, 0.3) is 0 Å². The Labute approximate surface area is 179 Å². The minimum atomic E-state index is -3.47. The number of ether oxygens (including phenoxy) is 1. The molecule has 0 aromatic heterocycles. The molecule has 3 rings (SSSR count). The van der Waals surface area contributed by atoms with Crippen LogP contribution in [0.4, 0.5) is 0 Å². The number of amides is 1. The lowest BCUT2D eigenvalue weighted by Crippen LogP contribution is -2.45. The summed E-state index contributed by atoms with van der Waals surface area (Å²) in [5, 5.41) is 2.90. The molecule has 30 heavy (non-hydrogen) atoms. The predicted octanol–water partition coefficient (Wildman–Crippen LogP) is 3.02. The highest BCUT2D eigenvalue weighted by atomic mass is 32.2. The number of benzene rings is 2. The number of morpholine rings is 1. The highest BCUT2D eigenvalue weighted by Gasteiger charge is 2.23. The molecule has 6 nitrogen and oxygen atoms in total. The molecular formula is C23H30N2O4S. The van der Waals surface area contributed by atoms with Crippen molar-refractivity contribution in [2.45, 2.75) is 51.0 Å². The Morgan fingerprint density at radius 2 is 1.63 bits per heavy atom. The first-order valence-electron chi connectivity index (χ1n) is 10.3. The van der Waals surface area contributed by atoms with Crippen molar-refractivity contribution in [1.29, 1.82) is 0 Å². The number of carbonyl (C=O) groups is 1. The summed E-state index contributed by atoms with van der Waals surface area (Å²) in [4.78, 5) is 15.2. The third kappa shape index (κ3) is 5.47. The summed E-state index contributed by atoms with van der Waals surface area (Å²) in [6.07, 6.45) is 0.385. The van der Waals surface area contributed by atoms with Crippen LogP contribution >= 0.6 is 0 Å². The van der Waals surface area contributed by atoms with Crippen molar-refractivity contribution >= 4 is 15.7 Å². The van der Waals surface area contributed by atoms with Crippen LogP contribution < -0.4 is 5.32 Å². The summed E-state index contributed by atoms with van der Waals surface area (Å²) in [5.74, 6) is -0.428.